The van der Waals surface area contributed by atoms with Gasteiger partial charge in [-0.2, -0.15) is 0 Å². The number of rotatable bonds is 5. The van der Waals surface area contributed by atoms with Gasteiger partial charge in [-0.15, -0.1) is 0 Å². The Kier molecular flexibility index (Phi) is 5.40. The summed E-state index contributed by atoms with van der Waals surface area (Å²) in [5.41, 5.74) is 8.69. The summed E-state index contributed by atoms with van der Waals surface area (Å²) in [4.78, 5) is 6.65. The molecule has 2 N–H and O–H groups in total. The first-order chi connectivity index (χ1) is 8.92. The molecule has 0 radical (unpaired) electrons. The molecule has 0 unspecified atom stereocenters. The molecule has 3 nitrogen and oxygen atoms in total. The summed E-state index contributed by atoms with van der Waals surface area (Å²) in [7, 11) is 0. The van der Waals surface area contributed by atoms with Crippen molar-refractivity contribution in [1.82, 2.24) is 4.90 Å². The van der Waals surface area contributed by atoms with Gasteiger partial charge in [0.1, 0.15) is 0 Å². The smallest absolute Gasteiger partial charge is 0.191 e. The monoisotopic (exact) mass is 261 g/mol. The molecular weight excluding hydrogens is 234 g/mol. The molecule has 0 spiro atoms. The topological polar surface area (TPSA) is 41.6 Å². The molecule has 106 valence electrons. The van der Waals surface area contributed by atoms with E-state index in [1.807, 2.05) is 0 Å². The van der Waals surface area contributed by atoms with E-state index in [4.69, 9.17) is 5.73 Å². The standard InChI is InChI=1S/C16H27N3/c1-6-19(7-2)15(17)18-12-16(4,5)14-11-9-8-10-13(14)3/h8-11H,6-7,12H2,1-5H3,(H2,17,18). The Bertz CT molecular complexity index is 431. The maximum absolute atomic E-state index is 6.04. The fraction of sp³-hybridized carbons (Fsp3) is 0.562. The van der Waals surface area contributed by atoms with Gasteiger partial charge in [0, 0.05) is 18.5 Å². The highest BCUT2D eigenvalue weighted by Gasteiger charge is 2.22. The number of guanidine groups is 1. The Labute approximate surface area is 117 Å². The van der Waals surface area contributed by atoms with Crippen LogP contribution in [0.25, 0.3) is 0 Å². The van der Waals surface area contributed by atoms with Gasteiger partial charge in [-0.05, 0) is 31.9 Å². The van der Waals surface area contributed by atoms with Crippen LogP contribution >= 0.6 is 0 Å². The molecule has 0 bridgehead atoms. The first kappa shape index (κ1) is 15.5. The molecule has 3 heteroatoms. The lowest BCUT2D eigenvalue weighted by atomic mass is 9.82. The largest absolute Gasteiger partial charge is 0.370 e. The van der Waals surface area contributed by atoms with Crippen LogP contribution in [0.2, 0.25) is 0 Å². The third-order valence-corrected chi connectivity index (χ3v) is 3.60. The van der Waals surface area contributed by atoms with Crippen molar-refractivity contribution in [2.75, 3.05) is 19.6 Å². The van der Waals surface area contributed by atoms with E-state index in [1.54, 1.807) is 0 Å². The molecular formula is C16H27N3. The SMILES string of the molecule is CCN(CC)C(N)=NCC(C)(C)c1ccccc1C. The summed E-state index contributed by atoms with van der Waals surface area (Å²) in [5.74, 6) is 0.645. The molecule has 0 heterocycles. The maximum Gasteiger partial charge on any atom is 0.191 e. The second-order valence-corrected chi connectivity index (χ2v) is 5.55. The van der Waals surface area contributed by atoms with Crippen LogP contribution in [0.5, 0.6) is 0 Å². The molecule has 0 aliphatic carbocycles. The number of nitrogens with two attached hydrogens (primary N) is 1. The van der Waals surface area contributed by atoms with Crippen LogP contribution < -0.4 is 5.73 Å². The number of nitrogens with zero attached hydrogens (tertiary/aromatic N) is 2. The minimum atomic E-state index is 0.00309. The summed E-state index contributed by atoms with van der Waals surface area (Å²) in [5, 5.41) is 0. The molecule has 0 saturated carbocycles. The average Bonchev–Trinajstić information content (AvgIpc) is 2.38. The zero-order valence-corrected chi connectivity index (χ0v) is 12.9. The van der Waals surface area contributed by atoms with Crippen molar-refractivity contribution in [2.24, 2.45) is 10.7 Å². The summed E-state index contributed by atoms with van der Waals surface area (Å²) >= 11 is 0. The van der Waals surface area contributed by atoms with Gasteiger partial charge in [-0.1, -0.05) is 38.1 Å². The van der Waals surface area contributed by atoms with Gasteiger partial charge in [0.15, 0.2) is 5.96 Å². The van der Waals surface area contributed by atoms with Crippen molar-refractivity contribution < 1.29 is 0 Å². The van der Waals surface area contributed by atoms with E-state index in [0.29, 0.717) is 12.5 Å². The Morgan fingerprint density at radius 1 is 1.21 bits per heavy atom. The molecule has 0 aromatic heterocycles. The minimum absolute atomic E-state index is 0.00309. The van der Waals surface area contributed by atoms with E-state index in [0.717, 1.165) is 13.1 Å². The molecule has 0 atom stereocenters. The van der Waals surface area contributed by atoms with E-state index in [2.05, 4.69) is 68.8 Å². The highest BCUT2D eigenvalue weighted by Crippen LogP contribution is 2.26. The van der Waals surface area contributed by atoms with E-state index < -0.39 is 0 Å². The van der Waals surface area contributed by atoms with Crippen molar-refractivity contribution in [2.45, 2.75) is 40.0 Å². The Balaban J connectivity index is 2.86. The first-order valence-electron chi connectivity index (χ1n) is 7.03. The van der Waals surface area contributed by atoms with Crippen LogP contribution in [0.1, 0.15) is 38.8 Å². The quantitative estimate of drug-likeness (QED) is 0.654. The van der Waals surface area contributed by atoms with Gasteiger partial charge in [-0.25, -0.2) is 0 Å². The zero-order valence-electron chi connectivity index (χ0n) is 12.9. The van der Waals surface area contributed by atoms with Crippen LogP contribution in [0.3, 0.4) is 0 Å². The highest BCUT2D eigenvalue weighted by atomic mass is 15.2. The summed E-state index contributed by atoms with van der Waals surface area (Å²) in [6.07, 6.45) is 0. The number of benzene rings is 1. The average molecular weight is 261 g/mol. The van der Waals surface area contributed by atoms with Crippen LogP contribution in [-0.2, 0) is 5.41 Å². The van der Waals surface area contributed by atoms with Crippen molar-refractivity contribution in [3.63, 3.8) is 0 Å². The third kappa shape index (κ3) is 3.98. The van der Waals surface area contributed by atoms with E-state index in [1.165, 1.54) is 11.1 Å². The van der Waals surface area contributed by atoms with Crippen LogP contribution in [0.4, 0.5) is 0 Å². The number of aryl methyl sites for hydroxylation is 1. The normalized spacial score (nSPS) is 12.6. The maximum atomic E-state index is 6.04. The molecule has 0 fully saturated rings. The predicted molar refractivity (Wildman–Crippen MR) is 83.6 cm³/mol. The molecule has 0 aliphatic rings. The lowest BCUT2D eigenvalue weighted by Crippen LogP contribution is -2.38. The second kappa shape index (κ2) is 6.60. The number of aliphatic imine (C=N–C) groups is 1. The van der Waals surface area contributed by atoms with E-state index in [-0.39, 0.29) is 5.41 Å². The van der Waals surface area contributed by atoms with Crippen LogP contribution in [0.15, 0.2) is 29.3 Å². The molecule has 1 aromatic rings. The molecule has 0 amide bonds. The fourth-order valence-corrected chi connectivity index (χ4v) is 2.34. The Morgan fingerprint density at radius 2 is 1.79 bits per heavy atom. The van der Waals surface area contributed by atoms with Crippen molar-refractivity contribution >= 4 is 5.96 Å². The fourth-order valence-electron chi connectivity index (χ4n) is 2.34. The first-order valence-corrected chi connectivity index (χ1v) is 7.03. The summed E-state index contributed by atoms with van der Waals surface area (Å²) in [6.45, 7) is 13.3. The third-order valence-electron chi connectivity index (χ3n) is 3.60. The van der Waals surface area contributed by atoms with Gasteiger partial charge in [0.2, 0.25) is 0 Å². The van der Waals surface area contributed by atoms with Gasteiger partial charge in [-0.3, -0.25) is 4.99 Å². The molecule has 19 heavy (non-hydrogen) atoms. The number of hydrogen-bond acceptors (Lipinski definition) is 1. The van der Waals surface area contributed by atoms with Gasteiger partial charge >= 0.3 is 0 Å². The van der Waals surface area contributed by atoms with Gasteiger partial charge < -0.3 is 10.6 Å². The molecule has 0 saturated heterocycles. The van der Waals surface area contributed by atoms with Crippen molar-refractivity contribution in [1.29, 1.82) is 0 Å². The number of hydrogen-bond donors (Lipinski definition) is 1. The zero-order chi connectivity index (χ0) is 14.5. The van der Waals surface area contributed by atoms with Crippen molar-refractivity contribution in [3.05, 3.63) is 35.4 Å². The highest BCUT2D eigenvalue weighted by molar-refractivity contribution is 5.78. The Morgan fingerprint density at radius 3 is 2.32 bits per heavy atom. The minimum Gasteiger partial charge on any atom is -0.370 e. The lowest BCUT2D eigenvalue weighted by molar-refractivity contribution is 0.451. The summed E-state index contributed by atoms with van der Waals surface area (Å²) < 4.78 is 0. The van der Waals surface area contributed by atoms with Gasteiger partial charge in [0.25, 0.3) is 0 Å². The van der Waals surface area contributed by atoms with Gasteiger partial charge in [0.05, 0.1) is 6.54 Å². The molecule has 1 rings (SSSR count). The van der Waals surface area contributed by atoms with Crippen LogP contribution in [0, 0.1) is 6.92 Å². The second-order valence-electron chi connectivity index (χ2n) is 5.55. The summed E-state index contributed by atoms with van der Waals surface area (Å²) in [6, 6.07) is 8.48. The van der Waals surface area contributed by atoms with Crippen molar-refractivity contribution in [3.8, 4) is 0 Å². The van der Waals surface area contributed by atoms with E-state index in [9.17, 15) is 0 Å². The Hall–Kier alpha value is -1.51. The molecule has 0 aliphatic heterocycles. The molecule has 1 aromatic carbocycles. The predicted octanol–water partition coefficient (Wildman–Crippen LogP) is 2.93. The van der Waals surface area contributed by atoms with E-state index >= 15 is 0 Å². The van der Waals surface area contributed by atoms with Crippen LogP contribution in [-0.4, -0.2) is 30.5 Å². The lowest BCUT2D eigenvalue weighted by Gasteiger charge is -2.26.